The van der Waals surface area contributed by atoms with E-state index in [2.05, 4.69) is 16.2 Å². The number of sulfone groups is 1. The molecule has 2 heterocycles. The molecule has 2 aromatic heterocycles. The number of oxazole rings is 1. The molecule has 0 aromatic carbocycles. The maximum Gasteiger partial charge on any atom is 0.246 e. The number of pyridine rings is 1. The first-order valence-corrected chi connectivity index (χ1v) is 5.63. The zero-order valence-electron chi connectivity index (χ0n) is 7.17. The largest absolute Gasteiger partial charge is 0.421 e. The predicted octanol–water partition coefficient (Wildman–Crippen LogP) is 0.929. The van der Waals surface area contributed by atoms with Crippen molar-refractivity contribution < 1.29 is 12.8 Å². The summed E-state index contributed by atoms with van der Waals surface area (Å²) in [6, 6.07) is 3.40. The minimum absolute atomic E-state index is 0.119. The fourth-order valence-corrected chi connectivity index (χ4v) is 1.56. The van der Waals surface area contributed by atoms with Crippen LogP contribution >= 0.6 is 0 Å². The van der Waals surface area contributed by atoms with E-state index in [9.17, 15) is 8.42 Å². The van der Waals surface area contributed by atoms with Crippen LogP contribution in [0.1, 0.15) is 5.89 Å². The number of aromatic nitrogens is 2. The summed E-state index contributed by atoms with van der Waals surface area (Å²) in [5, 5.41) is 0. The Balaban J connectivity index is 2.46. The van der Waals surface area contributed by atoms with Crippen molar-refractivity contribution in [1.29, 1.82) is 0 Å². The van der Waals surface area contributed by atoms with Crippen molar-refractivity contribution in [2.24, 2.45) is 0 Å². The lowest BCUT2D eigenvalue weighted by atomic mass is 10.4. The molecule has 0 saturated carbocycles. The zero-order chi connectivity index (χ0) is 10.2. The summed E-state index contributed by atoms with van der Waals surface area (Å²) in [6.45, 7) is 0. The second-order valence-corrected chi connectivity index (χ2v) is 4.60. The van der Waals surface area contributed by atoms with Crippen LogP contribution < -0.4 is 0 Å². The summed E-state index contributed by atoms with van der Waals surface area (Å²) in [4.78, 5) is 7.84. The first-order chi connectivity index (χ1) is 6.54. The lowest BCUT2D eigenvalue weighted by Crippen LogP contribution is -1.97. The van der Waals surface area contributed by atoms with Crippen molar-refractivity contribution in [3.8, 4) is 0 Å². The highest BCUT2D eigenvalue weighted by Crippen LogP contribution is 2.13. The summed E-state index contributed by atoms with van der Waals surface area (Å²) in [7, 11) is -3.36. The van der Waals surface area contributed by atoms with Crippen LogP contribution in [0.15, 0.2) is 22.7 Å². The molecule has 6 heteroatoms. The van der Waals surface area contributed by atoms with Gasteiger partial charge in [0, 0.05) is 6.20 Å². The van der Waals surface area contributed by atoms with Crippen LogP contribution in [0.3, 0.4) is 0 Å². The molecule has 2 aromatic rings. The van der Waals surface area contributed by atoms with Gasteiger partial charge < -0.3 is 4.42 Å². The van der Waals surface area contributed by atoms with Gasteiger partial charge in [0.25, 0.3) is 0 Å². The first-order valence-electron chi connectivity index (χ1n) is 3.81. The molecule has 73 valence electrons. The third kappa shape index (κ3) is 1.90. The number of nitrogens with zero attached hydrogens (tertiary/aromatic N) is 2. The Morgan fingerprint density at radius 1 is 1.50 bits per heavy atom. The van der Waals surface area contributed by atoms with Crippen LogP contribution in [0.25, 0.3) is 11.2 Å². The summed E-state index contributed by atoms with van der Waals surface area (Å²) >= 11 is 0. The number of fused-ring (bicyclic) bond motifs is 1. The van der Waals surface area contributed by atoms with Gasteiger partial charge in [-0.25, -0.2) is 18.4 Å². The Labute approximate surface area is 80.7 Å². The van der Waals surface area contributed by atoms with Crippen molar-refractivity contribution in [3.05, 3.63) is 30.5 Å². The highest BCUT2D eigenvalue weighted by Gasteiger charge is 2.11. The number of hydrogen-bond acceptors (Lipinski definition) is 5. The number of hydrogen-bond donors (Lipinski definition) is 0. The summed E-state index contributed by atoms with van der Waals surface area (Å²) in [6.07, 6.45) is 4.54. The molecule has 0 saturated heterocycles. The zero-order valence-corrected chi connectivity index (χ0v) is 7.99. The van der Waals surface area contributed by atoms with E-state index < -0.39 is 9.84 Å². The minimum atomic E-state index is -3.36. The molecule has 14 heavy (non-hydrogen) atoms. The van der Waals surface area contributed by atoms with E-state index in [1.807, 2.05) is 0 Å². The Morgan fingerprint density at radius 2 is 2.29 bits per heavy atom. The van der Waals surface area contributed by atoms with Crippen LogP contribution in [-0.4, -0.2) is 18.4 Å². The summed E-state index contributed by atoms with van der Waals surface area (Å²) < 4.78 is 26.8. The molecule has 0 aliphatic carbocycles. The molecule has 0 atom stereocenters. The second-order valence-electron chi connectivity index (χ2n) is 2.82. The van der Waals surface area contributed by atoms with Gasteiger partial charge in [-0.2, -0.15) is 0 Å². The van der Waals surface area contributed by atoms with E-state index in [4.69, 9.17) is 4.42 Å². The smallest absolute Gasteiger partial charge is 0.246 e. The van der Waals surface area contributed by atoms with Crippen molar-refractivity contribution in [1.82, 2.24) is 9.97 Å². The lowest BCUT2D eigenvalue weighted by molar-refractivity contribution is 0.535. The molecular formula is C8H7N2O3S. The SMILES string of the molecule is [CH2]S(=O)(=O)Cc1nc2cccnc2o1. The Hall–Kier alpha value is -1.43. The molecule has 5 nitrogen and oxygen atoms in total. The van der Waals surface area contributed by atoms with Crippen molar-refractivity contribution in [2.45, 2.75) is 5.75 Å². The molecule has 0 bridgehead atoms. The molecule has 2 rings (SSSR count). The monoisotopic (exact) mass is 211 g/mol. The predicted molar refractivity (Wildman–Crippen MR) is 49.8 cm³/mol. The molecular weight excluding hydrogens is 204 g/mol. The third-order valence-electron chi connectivity index (χ3n) is 1.55. The minimum Gasteiger partial charge on any atom is -0.421 e. The molecule has 1 radical (unpaired) electrons. The van der Waals surface area contributed by atoms with E-state index in [-0.39, 0.29) is 11.6 Å². The quantitative estimate of drug-likeness (QED) is 0.738. The van der Waals surface area contributed by atoms with Crippen LogP contribution in [-0.2, 0) is 15.6 Å². The Bertz CT molecular complexity index is 526. The van der Waals surface area contributed by atoms with Crippen LogP contribution in [0, 0.1) is 6.26 Å². The van der Waals surface area contributed by atoms with Gasteiger partial charge in [-0.3, -0.25) is 0 Å². The Kier molecular flexibility index (Phi) is 1.99. The molecule has 0 fully saturated rings. The van der Waals surface area contributed by atoms with Crippen molar-refractivity contribution >= 4 is 21.1 Å². The molecule has 0 unspecified atom stereocenters. The fourth-order valence-electron chi connectivity index (χ4n) is 1.06. The number of rotatable bonds is 2. The molecule has 0 aliphatic rings. The lowest BCUT2D eigenvalue weighted by Gasteiger charge is -1.89. The van der Waals surface area contributed by atoms with Crippen LogP contribution in [0.2, 0.25) is 0 Å². The third-order valence-corrected chi connectivity index (χ3v) is 2.24. The van der Waals surface area contributed by atoms with Gasteiger partial charge in [-0.15, -0.1) is 0 Å². The summed E-state index contributed by atoms with van der Waals surface area (Å²) in [5.41, 5.74) is 0.886. The van der Waals surface area contributed by atoms with E-state index >= 15 is 0 Å². The van der Waals surface area contributed by atoms with E-state index in [0.717, 1.165) is 0 Å². The normalized spacial score (nSPS) is 12.1. The highest BCUT2D eigenvalue weighted by atomic mass is 32.2. The van der Waals surface area contributed by atoms with Crippen LogP contribution in [0.4, 0.5) is 0 Å². The Morgan fingerprint density at radius 3 is 2.93 bits per heavy atom. The maximum absolute atomic E-state index is 10.8. The van der Waals surface area contributed by atoms with E-state index in [1.165, 1.54) is 0 Å². The van der Waals surface area contributed by atoms with E-state index in [0.29, 0.717) is 11.2 Å². The molecule has 0 spiro atoms. The van der Waals surface area contributed by atoms with Gasteiger partial charge in [0.1, 0.15) is 11.3 Å². The van der Waals surface area contributed by atoms with Gasteiger partial charge >= 0.3 is 0 Å². The van der Waals surface area contributed by atoms with Gasteiger partial charge in [0.15, 0.2) is 9.84 Å². The topological polar surface area (TPSA) is 73.1 Å². The molecule has 0 aliphatic heterocycles. The molecule has 0 N–H and O–H groups in total. The summed E-state index contributed by atoms with van der Waals surface area (Å²) in [5.74, 6) is -0.183. The second kappa shape index (κ2) is 3.06. The van der Waals surface area contributed by atoms with Crippen molar-refractivity contribution in [3.63, 3.8) is 0 Å². The van der Waals surface area contributed by atoms with E-state index in [1.54, 1.807) is 18.3 Å². The van der Waals surface area contributed by atoms with Gasteiger partial charge in [-0.05, 0) is 12.1 Å². The van der Waals surface area contributed by atoms with Crippen molar-refractivity contribution in [2.75, 3.05) is 0 Å². The van der Waals surface area contributed by atoms with Gasteiger partial charge in [0.2, 0.25) is 11.6 Å². The highest BCUT2D eigenvalue weighted by molar-refractivity contribution is 7.91. The first kappa shape index (κ1) is 9.14. The average Bonchev–Trinajstić information content (AvgIpc) is 2.42. The fraction of sp³-hybridized carbons (Fsp3) is 0.125. The van der Waals surface area contributed by atoms with Gasteiger partial charge in [-0.1, -0.05) is 0 Å². The molecule has 0 amide bonds. The average molecular weight is 211 g/mol. The standard InChI is InChI=1S/C8H7N2O3S/c1-14(11,12)5-7-10-6-3-2-4-9-8(6)13-7/h2-4H,1,5H2. The van der Waals surface area contributed by atoms with Crippen LogP contribution in [0.5, 0.6) is 0 Å². The maximum atomic E-state index is 10.8. The van der Waals surface area contributed by atoms with Gasteiger partial charge in [0.05, 0.1) is 6.26 Å².